The number of hydrogen-bond donors (Lipinski definition) is 0. The first-order valence-electron chi connectivity index (χ1n) is 3.52. The minimum atomic E-state index is -3.77. The predicted octanol–water partition coefficient (Wildman–Crippen LogP) is 2.56. The van der Waals surface area contributed by atoms with Gasteiger partial charge in [0.05, 0.1) is 16.5 Å². The number of benzene rings is 1. The lowest BCUT2D eigenvalue weighted by Gasteiger charge is -2.04. The van der Waals surface area contributed by atoms with Crippen molar-refractivity contribution in [2.45, 2.75) is 11.8 Å². The molecule has 0 atom stereocenters. The summed E-state index contributed by atoms with van der Waals surface area (Å²) in [6.07, 6.45) is 0. The molecule has 0 aliphatic rings. The first-order valence-corrected chi connectivity index (χ1v) is 6.62. The molecule has 0 unspecified atom stereocenters. The Hall–Kier alpha value is -0.570. The molecule has 0 saturated heterocycles. The second-order valence-corrected chi connectivity index (χ2v) is 5.93. The number of hydrogen-bond acceptors (Lipinski definition) is 3. The fourth-order valence-corrected chi connectivity index (χ4v) is 3.22. The summed E-state index contributed by atoms with van der Waals surface area (Å²) in [6.45, 7) is 1.65. The van der Waals surface area contributed by atoms with Crippen LogP contribution in [0.4, 0.5) is 0 Å². The molecule has 0 spiro atoms. The Morgan fingerprint density at radius 2 is 2.07 bits per heavy atom. The van der Waals surface area contributed by atoms with Crippen molar-refractivity contribution in [3.63, 3.8) is 0 Å². The van der Waals surface area contributed by atoms with Crippen LogP contribution in [0.15, 0.2) is 21.5 Å². The molecular formula is C8H5BrClNO2S. The highest BCUT2D eigenvalue weighted by molar-refractivity contribution is 9.10. The normalized spacial score (nSPS) is 11.0. The van der Waals surface area contributed by atoms with E-state index in [1.807, 2.05) is 6.07 Å². The zero-order valence-electron chi connectivity index (χ0n) is 7.08. The summed E-state index contributed by atoms with van der Waals surface area (Å²) in [6, 6.07) is 4.68. The molecule has 0 aromatic heterocycles. The number of nitrogens with zero attached hydrogens (tertiary/aromatic N) is 1. The minimum absolute atomic E-state index is 0.0179. The Kier molecular flexibility index (Phi) is 3.20. The molecule has 0 fully saturated rings. The van der Waals surface area contributed by atoms with Crippen molar-refractivity contribution < 1.29 is 8.42 Å². The van der Waals surface area contributed by atoms with E-state index < -0.39 is 9.05 Å². The summed E-state index contributed by atoms with van der Waals surface area (Å²) in [5, 5.41) is 8.68. The van der Waals surface area contributed by atoms with Gasteiger partial charge in [-0.05, 0) is 40.5 Å². The summed E-state index contributed by atoms with van der Waals surface area (Å²) in [5.74, 6) is 0. The van der Waals surface area contributed by atoms with Crippen molar-refractivity contribution in [3.05, 3.63) is 27.7 Å². The highest BCUT2D eigenvalue weighted by Crippen LogP contribution is 2.29. The van der Waals surface area contributed by atoms with Gasteiger partial charge in [0.15, 0.2) is 0 Å². The van der Waals surface area contributed by atoms with E-state index >= 15 is 0 Å². The molecule has 1 aromatic rings. The number of rotatable bonds is 1. The average molecular weight is 295 g/mol. The van der Waals surface area contributed by atoms with Crippen molar-refractivity contribution in [1.82, 2.24) is 0 Å². The molecule has 3 nitrogen and oxygen atoms in total. The highest BCUT2D eigenvalue weighted by atomic mass is 79.9. The monoisotopic (exact) mass is 293 g/mol. The third-order valence-electron chi connectivity index (χ3n) is 1.73. The molecular weight excluding hydrogens is 290 g/mol. The maximum Gasteiger partial charge on any atom is 0.262 e. The van der Waals surface area contributed by atoms with Crippen LogP contribution in [0.3, 0.4) is 0 Å². The summed E-state index contributed by atoms with van der Waals surface area (Å²) in [4.78, 5) is -0.0179. The van der Waals surface area contributed by atoms with Crippen LogP contribution in [-0.4, -0.2) is 8.42 Å². The van der Waals surface area contributed by atoms with Gasteiger partial charge in [-0.2, -0.15) is 5.26 Å². The van der Waals surface area contributed by atoms with E-state index in [9.17, 15) is 8.42 Å². The van der Waals surface area contributed by atoms with Crippen molar-refractivity contribution >= 4 is 35.7 Å². The lowest BCUT2D eigenvalue weighted by Crippen LogP contribution is -1.95. The van der Waals surface area contributed by atoms with Gasteiger partial charge in [-0.3, -0.25) is 0 Å². The molecule has 0 bridgehead atoms. The molecule has 0 amide bonds. The quantitative estimate of drug-likeness (QED) is 0.748. The Bertz CT molecular complexity index is 519. The Morgan fingerprint density at radius 3 is 2.50 bits per heavy atom. The van der Waals surface area contributed by atoms with Crippen LogP contribution >= 0.6 is 26.6 Å². The number of nitriles is 1. The predicted molar refractivity (Wildman–Crippen MR) is 56.6 cm³/mol. The second-order valence-electron chi connectivity index (χ2n) is 2.60. The van der Waals surface area contributed by atoms with Gasteiger partial charge in [0.2, 0.25) is 0 Å². The van der Waals surface area contributed by atoms with Crippen LogP contribution in [0.5, 0.6) is 0 Å². The van der Waals surface area contributed by atoms with Crippen LogP contribution in [-0.2, 0) is 9.05 Å². The Labute approximate surface area is 94.9 Å². The smallest absolute Gasteiger partial charge is 0.207 e. The van der Waals surface area contributed by atoms with E-state index in [0.717, 1.165) is 0 Å². The molecule has 0 heterocycles. The third kappa shape index (κ3) is 2.08. The van der Waals surface area contributed by atoms with Crippen LogP contribution in [0, 0.1) is 18.3 Å². The topological polar surface area (TPSA) is 57.9 Å². The molecule has 0 radical (unpaired) electrons. The lowest BCUT2D eigenvalue weighted by molar-refractivity contribution is 0.609. The van der Waals surface area contributed by atoms with Crippen molar-refractivity contribution in [2.75, 3.05) is 0 Å². The zero-order chi connectivity index (χ0) is 10.9. The van der Waals surface area contributed by atoms with E-state index in [2.05, 4.69) is 15.9 Å². The Morgan fingerprint density at radius 1 is 1.50 bits per heavy atom. The molecule has 6 heteroatoms. The number of halogens is 2. The zero-order valence-corrected chi connectivity index (χ0v) is 10.2. The molecule has 74 valence electrons. The molecule has 1 rings (SSSR count). The van der Waals surface area contributed by atoms with Gasteiger partial charge in [0.25, 0.3) is 9.05 Å². The largest absolute Gasteiger partial charge is 0.262 e. The average Bonchev–Trinajstić information content (AvgIpc) is 2.07. The van der Waals surface area contributed by atoms with Crippen molar-refractivity contribution in [3.8, 4) is 6.07 Å². The van der Waals surface area contributed by atoms with Gasteiger partial charge in [0, 0.05) is 15.2 Å². The summed E-state index contributed by atoms with van der Waals surface area (Å²) < 4.78 is 22.5. The van der Waals surface area contributed by atoms with Gasteiger partial charge < -0.3 is 0 Å². The maximum absolute atomic E-state index is 11.1. The SMILES string of the molecule is Cc1c(C#N)ccc(S(=O)(=O)Cl)c1Br. The maximum atomic E-state index is 11.1. The van der Waals surface area contributed by atoms with Gasteiger partial charge in [-0.1, -0.05) is 0 Å². The first-order chi connectivity index (χ1) is 6.38. The van der Waals surface area contributed by atoms with Crippen molar-refractivity contribution in [2.24, 2.45) is 0 Å². The van der Waals surface area contributed by atoms with Crippen molar-refractivity contribution in [1.29, 1.82) is 5.26 Å². The molecule has 0 aliphatic heterocycles. The van der Waals surface area contributed by atoms with Crippen LogP contribution < -0.4 is 0 Å². The van der Waals surface area contributed by atoms with E-state index in [1.54, 1.807) is 6.92 Å². The molecule has 1 aromatic carbocycles. The van der Waals surface area contributed by atoms with Gasteiger partial charge in [-0.15, -0.1) is 0 Å². The first kappa shape index (κ1) is 11.5. The lowest BCUT2D eigenvalue weighted by atomic mass is 10.1. The van der Waals surface area contributed by atoms with E-state index in [-0.39, 0.29) is 4.90 Å². The van der Waals surface area contributed by atoms with E-state index in [0.29, 0.717) is 15.6 Å². The standard InChI is InChI=1S/C8H5BrClNO2S/c1-5-6(4-11)2-3-7(8(5)9)14(10,12)13/h2-3H,1H3. The van der Waals surface area contributed by atoms with Crippen LogP contribution in [0.1, 0.15) is 11.1 Å². The Balaban J connectivity index is 3.57. The van der Waals surface area contributed by atoms with Gasteiger partial charge in [0.1, 0.15) is 0 Å². The van der Waals surface area contributed by atoms with Crippen LogP contribution in [0.2, 0.25) is 0 Å². The van der Waals surface area contributed by atoms with Crippen LogP contribution in [0.25, 0.3) is 0 Å². The fourth-order valence-electron chi connectivity index (χ4n) is 0.970. The third-order valence-corrected chi connectivity index (χ3v) is 4.38. The summed E-state index contributed by atoms with van der Waals surface area (Å²) in [7, 11) is 1.43. The summed E-state index contributed by atoms with van der Waals surface area (Å²) in [5.41, 5.74) is 0.982. The van der Waals surface area contributed by atoms with E-state index in [1.165, 1.54) is 12.1 Å². The summed E-state index contributed by atoms with van der Waals surface area (Å²) >= 11 is 3.09. The van der Waals surface area contributed by atoms with E-state index in [4.69, 9.17) is 15.9 Å². The molecule has 0 aliphatic carbocycles. The highest BCUT2D eigenvalue weighted by Gasteiger charge is 2.17. The minimum Gasteiger partial charge on any atom is -0.207 e. The van der Waals surface area contributed by atoms with Gasteiger partial charge >= 0.3 is 0 Å². The molecule has 14 heavy (non-hydrogen) atoms. The second kappa shape index (κ2) is 3.89. The molecule has 0 saturated carbocycles. The van der Waals surface area contributed by atoms with Gasteiger partial charge in [-0.25, -0.2) is 8.42 Å². The molecule has 0 N–H and O–H groups in total. The fraction of sp³-hybridized carbons (Fsp3) is 0.125.